The summed E-state index contributed by atoms with van der Waals surface area (Å²) in [6.07, 6.45) is 5.61. The summed E-state index contributed by atoms with van der Waals surface area (Å²) < 4.78 is 10.7. The fraction of sp³-hybridized carbons (Fsp3) is 0.655. The van der Waals surface area contributed by atoms with Crippen LogP contribution in [0.15, 0.2) is 18.2 Å². The third-order valence-corrected chi connectivity index (χ3v) is 7.14. The van der Waals surface area contributed by atoms with Crippen molar-refractivity contribution >= 4 is 29.3 Å². The second kappa shape index (κ2) is 15.5. The number of esters is 2. The van der Waals surface area contributed by atoms with E-state index in [9.17, 15) is 19.2 Å². The van der Waals surface area contributed by atoms with E-state index in [2.05, 4.69) is 19.2 Å². The van der Waals surface area contributed by atoms with Gasteiger partial charge in [0, 0.05) is 23.6 Å². The van der Waals surface area contributed by atoms with Crippen LogP contribution in [-0.2, 0) is 30.3 Å². The lowest BCUT2D eigenvalue weighted by Gasteiger charge is -2.22. The Labute approximate surface area is 220 Å². The van der Waals surface area contributed by atoms with Gasteiger partial charge in [-0.15, -0.1) is 0 Å². The Bertz CT molecular complexity index is 929. The first-order valence-corrected chi connectivity index (χ1v) is 13.6. The lowest BCUT2D eigenvalue weighted by molar-refractivity contribution is -0.154. The van der Waals surface area contributed by atoms with Crippen molar-refractivity contribution in [2.75, 3.05) is 25.1 Å². The minimum Gasteiger partial charge on any atom is -0.465 e. The maximum Gasteiger partial charge on any atom is 0.309 e. The van der Waals surface area contributed by atoms with E-state index in [-0.39, 0.29) is 37.3 Å². The molecule has 0 fully saturated rings. The molecule has 0 radical (unpaired) electrons. The van der Waals surface area contributed by atoms with E-state index < -0.39 is 23.7 Å². The number of amides is 1. The first kappa shape index (κ1) is 30.5. The number of ether oxygens (including phenoxy) is 2. The third-order valence-electron chi connectivity index (χ3n) is 7.14. The Morgan fingerprint density at radius 2 is 1.78 bits per heavy atom. The molecule has 1 aromatic carbocycles. The number of aliphatic hydroxyl groups excluding tert-OH is 1. The van der Waals surface area contributed by atoms with Gasteiger partial charge in [-0.25, -0.2) is 0 Å². The van der Waals surface area contributed by atoms with E-state index in [1.54, 1.807) is 26.0 Å². The smallest absolute Gasteiger partial charge is 0.309 e. The molecule has 8 heteroatoms. The number of carbonyl (C=O) groups excluding carboxylic acids is 4. The van der Waals surface area contributed by atoms with Crippen molar-refractivity contribution in [3.63, 3.8) is 0 Å². The molecule has 0 aromatic heterocycles. The largest absolute Gasteiger partial charge is 0.465 e. The first-order valence-electron chi connectivity index (χ1n) is 13.6. The van der Waals surface area contributed by atoms with Crippen molar-refractivity contribution in [3.8, 4) is 0 Å². The van der Waals surface area contributed by atoms with E-state index >= 15 is 0 Å². The number of benzene rings is 1. The zero-order valence-electron chi connectivity index (χ0n) is 22.7. The van der Waals surface area contributed by atoms with Crippen LogP contribution in [-0.4, -0.2) is 48.6 Å². The molecule has 8 nitrogen and oxygen atoms in total. The van der Waals surface area contributed by atoms with Crippen LogP contribution in [0.25, 0.3) is 0 Å². The quantitative estimate of drug-likeness (QED) is 0.287. The molecule has 0 saturated carbocycles. The molecule has 1 aromatic rings. The van der Waals surface area contributed by atoms with Gasteiger partial charge in [-0.05, 0) is 49.3 Å². The van der Waals surface area contributed by atoms with Crippen LogP contribution in [0.4, 0.5) is 5.69 Å². The number of anilines is 1. The number of fused-ring (bicyclic) bond motifs is 1. The molecular formula is C29H43NO7. The molecule has 0 heterocycles. The summed E-state index contributed by atoms with van der Waals surface area (Å²) in [7, 11) is 0. The Morgan fingerprint density at radius 3 is 2.43 bits per heavy atom. The number of hydrogen-bond acceptors (Lipinski definition) is 7. The molecule has 4 atom stereocenters. The maximum atomic E-state index is 12.7. The van der Waals surface area contributed by atoms with Gasteiger partial charge in [-0.2, -0.15) is 0 Å². The van der Waals surface area contributed by atoms with Crippen molar-refractivity contribution < 1.29 is 33.8 Å². The Morgan fingerprint density at radius 1 is 1.03 bits per heavy atom. The molecule has 2 N–H and O–H groups in total. The molecule has 0 spiro atoms. The second-order valence-corrected chi connectivity index (χ2v) is 10.2. The highest BCUT2D eigenvalue weighted by molar-refractivity contribution is 6.07. The van der Waals surface area contributed by atoms with E-state index in [0.717, 1.165) is 31.2 Å². The number of nitrogens with one attached hydrogen (secondary N) is 1. The number of rotatable bonds is 17. The monoisotopic (exact) mass is 517 g/mol. The Hall–Kier alpha value is -2.74. The van der Waals surface area contributed by atoms with Gasteiger partial charge >= 0.3 is 11.9 Å². The minimum absolute atomic E-state index is 0.0715. The summed E-state index contributed by atoms with van der Waals surface area (Å²) in [5, 5.41) is 11.9. The van der Waals surface area contributed by atoms with Crippen LogP contribution < -0.4 is 5.32 Å². The van der Waals surface area contributed by atoms with E-state index in [4.69, 9.17) is 14.6 Å². The van der Waals surface area contributed by atoms with Crippen LogP contribution in [0, 0.1) is 23.7 Å². The maximum absolute atomic E-state index is 12.7. The third kappa shape index (κ3) is 9.58. The normalized spacial score (nSPS) is 15.5. The number of hydrogen-bond donors (Lipinski definition) is 2. The van der Waals surface area contributed by atoms with Crippen LogP contribution in [0.1, 0.15) is 88.6 Å². The number of carbonyl (C=O) groups is 4. The molecule has 2 rings (SSSR count). The highest BCUT2D eigenvalue weighted by Gasteiger charge is 2.29. The summed E-state index contributed by atoms with van der Waals surface area (Å²) in [5.74, 6) is -2.13. The average molecular weight is 518 g/mol. The van der Waals surface area contributed by atoms with Gasteiger partial charge in [-0.1, -0.05) is 53.0 Å². The predicted molar refractivity (Wildman–Crippen MR) is 141 cm³/mol. The summed E-state index contributed by atoms with van der Waals surface area (Å²) in [4.78, 5) is 49.7. The van der Waals surface area contributed by atoms with Gasteiger partial charge in [0.05, 0.1) is 25.0 Å². The molecule has 1 aliphatic carbocycles. The van der Waals surface area contributed by atoms with Crippen molar-refractivity contribution in [1.29, 1.82) is 0 Å². The number of ketones is 1. The molecular weight excluding hydrogens is 474 g/mol. The van der Waals surface area contributed by atoms with Crippen LogP contribution in [0.2, 0.25) is 0 Å². The Kier molecular flexibility index (Phi) is 12.8. The van der Waals surface area contributed by atoms with Crippen molar-refractivity contribution in [1.82, 2.24) is 0 Å². The molecule has 206 valence electrons. The van der Waals surface area contributed by atoms with Gasteiger partial charge in [0.25, 0.3) is 0 Å². The van der Waals surface area contributed by atoms with Gasteiger partial charge in [0.2, 0.25) is 5.91 Å². The molecule has 37 heavy (non-hydrogen) atoms. The summed E-state index contributed by atoms with van der Waals surface area (Å²) in [6, 6.07) is 5.32. The average Bonchev–Trinajstić information content (AvgIpc) is 2.89. The van der Waals surface area contributed by atoms with Gasteiger partial charge in [0.15, 0.2) is 5.78 Å². The van der Waals surface area contributed by atoms with Crippen molar-refractivity contribution in [2.45, 2.75) is 79.1 Å². The van der Waals surface area contributed by atoms with Gasteiger partial charge < -0.3 is 19.9 Å². The number of aliphatic hydroxyl groups is 1. The number of Topliss-reactive ketones (excluding diaryl/α,β-unsaturated/α-hetero) is 1. The second-order valence-electron chi connectivity index (χ2n) is 10.2. The molecule has 1 amide bonds. The first-order chi connectivity index (χ1) is 17.7. The van der Waals surface area contributed by atoms with E-state index in [1.807, 2.05) is 6.07 Å². The SMILES string of the molecule is CCCCC(CC)COC(=O)C(C)CC(CCC(C)C(=O)Nc1ccc2c(c1)C(=O)C2)C(=O)OCCO. The van der Waals surface area contributed by atoms with Crippen molar-refractivity contribution in [2.24, 2.45) is 23.7 Å². The van der Waals surface area contributed by atoms with Crippen LogP contribution >= 0.6 is 0 Å². The standard InChI is InChI=1S/C29H43NO7/c1-5-7-8-21(6-2)18-37-28(34)20(4)15-23(29(35)36-14-13-31)10-9-19(3)27(33)30-24-12-11-22-16-26(32)25(22)17-24/h11-12,17,19-21,23,31H,5-10,13-16,18H2,1-4H3,(H,30,33). The lowest BCUT2D eigenvalue weighted by atomic mass is 9.87. The van der Waals surface area contributed by atoms with Crippen LogP contribution in [0.5, 0.6) is 0 Å². The lowest BCUT2D eigenvalue weighted by Crippen LogP contribution is -2.28. The van der Waals surface area contributed by atoms with E-state index in [1.165, 1.54) is 0 Å². The van der Waals surface area contributed by atoms with Gasteiger partial charge in [-0.3, -0.25) is 19.2 Å². The molecule has 0 saturated heterocycles. The topological polar surface area (TPSA) is 119 Å². The fourth-order valence-electron chi connectivity index (χ4n) is 4.44. The molecule has 0 aliphatic heterocycles. The van der Waals surface area contributed by atoms with Crippen molar-refractivity contribution in [3.05, 3.63) is 29.3 Å². The summed E-state index contributed by atoms with van der Waals surface area (Å²) in [6.45, 7) is 7.72. The Balaban J connectivity index is 1.90. The van der Waals surface area contributed by atoms with Crippen LogP contribution in [0.3, 0.4) is 0 Å². The number of unbranched alkanes of at least 4 members (excludes halogenated alkanes) is 1. The summed E-state index contributed by atoms with van der Waals surface area (Å²) >= 11 is 0. The highest BCUT2D eigenvalue weighted by Crippen LogP contribution is 2.27. The molecule has 4 unspecified atom stereocenters. The molecule has 0 bridgehead atoms. The van der Waals surface area contributed by atoms with Gasteiger partial charge in [0.1, 0.15) is 6.61 Å². The van der Waals surface area contributed by atoms with E-state index in [0.29, 0.717) is 43.0 Å². The molecule has 1 aliphatic rings. The zero-order chi connectivity index (χ0) is 27.4. The summed E-state index contributed by atoms with van der Waals surface area (Å²) in [5.41, 5.74) is 2.20. The minimum atomic E-state index is -0.597. The zero-order valence-corrected chi connectivity index (χ0v) is 22.7. The predicted octanol–water partition coefficient (Wildman–Crippen LogP) is 4.72. The fourth-order valence-corrected chi connectivity index (χ4v) is 4.44. The highest BCUT2D eigenvalue weighted by atomic mass is 16.5.